The van der Waals surface area contributed by atoms with Gasteiger partial charge in [-0.1, -0.05) is 32.9 Å². The van der Waals surface area contributed by atoms with Crippen molar-refractivity contribution < 1.29 is 0 Å². The van der Waals surface area contributed by atoms with Gasteiger partial charge < -0.3 is 10.6 Å². The van der Waals surface area contributed by atoms with Gasteiger partial charge in [-0.05, 0) is 54.7 Å². The van der Waals surface area contributed by atoms with E-state index in [2.05, 4.69) is 60.8 Å². The average Bonchev–Trinajstić information content (AvgIpc) is 2.99. The Balaban J connectivity index is 1.43. The first-order valence-electron chi connectivity index (χ1n) is 9.50. The monoisotopic (exact) mass is 340 g/mol. The van der Waals surface area contributed by atoms with E-state index in [0.29, 0.717) is 6.04 Å². The highest BCUT2D eigenvalue weighted by Crippen LogP contribution is 2.28. The Morgan fingerprint density at radius 3 is 2.28 bits per heavy atom. The van der Waals surface area contributed by atoms with E-state index in [1.165, 1.54) is 36.9 Å². The topological polar surface area (TPSA) is 41.9 Å². The van der Waals surface area contributed by atoms with Crippen molar-refractivity contribution in [3.63, 3.8) is 0 Å². The van der Waals surface area contributed by atoms with Gasteiger partial charge in [0.2, 0.25) is 0 Å². The summed E-state index contributed by atoms with van der Waals surface area (Å²) < 4.78 is 1.84. The van der Waals surface area contributed by atoms with Crippen LogP contribution in [0.4, 0.5) is 11.4 Å². The molecule has 0 radical (unpaired) electrons. The van der Waals surface area contributed by atoms with Gasteiger partial charge in [0, 0.05) is 31.5 Å². The van der Waals surface area contributed by atoms with Crippen molar-refractivity contribution in [1.82, 2.24) is 9.78 Å². The highest BCUT2D eigenvalue weighted by molar-refractivity contribution is 5.46. The number of aryl methyl sites for hydroxylation is 1. The molecule has 4 nitrogen and oxygen atoms in total. The second-order valence-electron chi connectivity index (χ2n) is 8.47. The van der Waals surface area contributed by atoms with Crippen molar-refractivity contribution in [2.24, 2.45) is 13.0 Å². The van der Waals surface area contributed by atoms with Crippen LogP contribution >= 0.6 is 0 Å². The molecule has 0 unspecified atom stereocenters. The van der Waals surface area contributed by atoms with Crippen molar-refractivity contribution in [3.05, 3.63) is 42.2 Å². The van der Waals surface area contributed by atoms with E-state index >= 15 is 0 Å². The lowest BCUT2D eigenvalue weighted by Crippen LogP contribution is -2.28. The number of nitrogens with one attached hydrogen (secondary N) is 2. The summed E-state index contributed by atoms with van der Waals surface area (Å²) in [4.78, 5) is 0. The van der Waals surface area contributed by atoms with E-state index in [9.17, 15) is 0 Å². The van der Waals surface area contributed by atoms with Gasteiger partial charge in [0.1, 0.15) is 0 Å². The third-order valence-corrected chi connectivity index (χ3v) is 5.27. The molecule has 2 aromatic rings. The van der Waals surface area contributed by atoms with Gasteiger partial charge in [-0.3, -0.25) is 4.68 Å². The molecule has 1 fully saturated rings. The summed E-state index contributed by atoms with van der Waals surface area (Å²) in [6.07, 6.45) is 9.00. The van der Waals surface area contributed by atoms with Crippen LogP contribution < -0.4 is 10.6 Å². The van der Waals surface area contributed by atoms with Crippen molar-refractivity contribution in [2.75, 3.05) is 17.2 Å². The minimum Gasteiger partial charge on any atom is -0.382 e. The largest absolute Gasteiger partial charge is 0.382 e. The third kappa shape index (κ3) is 5.00. The molecule has 0 bridgehead atoms. The predicted molar refractivity (Wildman–Crippen MR) is 106 cm³/mol. The summed E-state index contributed by atoms with van der Waals surface area (Å²) in [6.45, 7) is 7.83. The summed E-state index contributed by atoms with van der Waals surface area (Å²) in [5.74, 6) is 0.765. The fraction of sp³-hybridized carbons (Fsp3) is 0.571. The molecule has 1 aliphatic carbocycles. The Hall–Kier alpha value is -1.97. The fourth-order valence-electron chi connectivity index (χ4n) is 3.59. The Kier molecular flexibility index (Phi) is 5.36. The summed E-state index contributed by atoms with van der Waals surface area (Å²) in [7, 11) is 1.95. The molecule has 0 amide bonds. The first-order chi connectivity index (χ1) is 11.9. The molecule has 1 aromatic heterocycles. The standard InChI is InChI=1S/C21H32N4/c1-21(2,3)17-7-11-19(12-8-17)24-18-9-5-16(6-10-18)13-22-20-14-23-25(4)15-20/h7-8,11-12,14-16,18,22,24H,5-6,9-10,13H2,1-4H3. The van der Waals surface area contributed by atoms with Crippen LogP contribution in [-0.2, 0) is 12.5 Å². The molecule has 136 valence electrons. The molecule has 0 spiro atoms. The second-order valence-corrected chi connectivity index (χ2v) is 8.47. The van der Waals surface area contributed by atoms with Crippen LogP contribution in [-0.4, -0.2) is 22.4 Å². The maximum absolute atomic E-state index is 4.20. The van der Waals surface area contributed by atoms with Crippen LogP contribution in [0.15, 0.2) is 36.7 Å². The lowest BCUT2D eigenvalue weighted by Gasteiger charge is -2.30. The van der Waals surface area contributed by atoms with Crippen molar-refractivity contribution in [1.29, 1.82) is 0 Å². The van der Waals surface area contributed by atoms with Crippen LogP contribution in [0.3, 0.4) is 0 Å². The van der Waals surface area contributed by atoms with Gasteiger partial charge >= 0.3 is 0 Å². The number of anilines is 2. The van der Waals surface area contributed by atoms with Crippen molar-refractivity contribution >= 4 is 11.4 Å². The number of nitrogens with zero attached hydrogens (tertiary/aromatic N) is 2. The summed E-state index contributed by atoms with van der Waals surface area (Å²) in [5.41, 5.74) is 3.99. The zero-order chi connectivity index (χ0) is 17.9. The average molecular weight is 341 g/mol. The van der Waals surface area contributed by atoms with E-state index in [4.69, 9.17) is 0 Å². The lowest BCUT2D eigenvalue weighted by molar-refractivity contribution is 0.351. The molecular formula is C21H32N4. The van der Waals surface area contributed by atoms with E-state index in [-0.39, 0.29) is 5.41 Å². The summed E-state index contributed by atoms with van der Waals surface area (Å²) in [5, 5.41) is 11.4. The lowest BCUT2D eigenvalue weighted by atomic mass is 9.85. The molecule has 1 aromatic carbocycles. The van der Waals surface area contributed by atoms with Gasteiger partial charge in [0.25, 0.3) is 0 Å². The zero-order valence-electron chi connectivity index (χ0n) is 16.0. The van der Waals surface area contributed by atoms with Gasteiger partial charge in [-0.25, -0.2) is 0 Å². The molecule has 0 saturated heterocycles. The number of hydrogen-bond donors (Lipinski definition) is 2. The first kappa shape index (κ1) is 17.8. The Morgan fingerprint density at radius 2 is 1.72 bits per heavy atom. The Labute approximate surface area is 152 Å². The first-order valence-corrected chi connectivity index (χ1v) is 9.50. The molecule has 0 aliphatic heterocycles. The van der Waals surface area contributed by atoms with Crippen LogP contribution in [0.2, 0.25) is 0 Å². The van der Waals surface area contributed by atoms with Gasteiger partial charge in [0.15, 0.2) is 0 Å². The minimum absolute atomic E-state index is 0.220. The molecule has 3 rings (SSSR count). The summed E-state index contributed by atoms with van der Waals surface area (Å²) >= 11 is 0. The van der Waals surface area contributed by atoms with E-state index in [1.807, 2.05) is 24.1 Å². The number of benzene rings is 1. The highest BCUT2D eigenvalue weighted by Gasteiger charge is 2.21. The third-order valence-electron chi connectivity index (χ3n) is 5.27. The Morgan fingerprint density at radius 1 is 1.04 bits per heavy atom. The van der Waals surface area contributed by atoms with E-state index in [1.54, 1.807) is 0 Å². The van der Waals surface area contributed by atoms with Crippen LogP contribution in [0.25, 0.3) is 0 Å². The van der Waals surface area contributed by atoms with Crippen LogP contribution in [0, 0.1) is 5.92 Å². The molecule has 0 atom stereocenters. The number of aromatic nitrogens is 2. The second kappa shape index (κ2) is 7.51. The number of hydrogen-bond acceptors (Lipinski definition) is 3. The predicted octanol–water partition coefficient (Wildman–Crippen LogP) is 4.80. The molecule has 2 N–H and O–H groups in total. The van der Waals surface area contributed by atoms with Crippen molar-refractivity contribution in [2.45, 2.75) is 57.9 Å². The molecular weight excluding hydrogens is 308 g/mol. The van der Waals surface area contributed by atoms with Gasteiger partial charge in [0.05, 0.1) is 11.9 Å². The number of rotatable bonds is 5. The minimum atomic E-state index is 0.220. The van der Waals surface area contributed by atoms with E-state index < -0.39 is 0 Å². The molecule has 1 saturated carbocycles. The molecule has 25 heavy (non-hydrogen) atoms. The maximum atomic E-state index is 4.20. The highest BCUT2D eigenvalue weighted by atomic mass is 15.3. The van der Waals surface area contributed by atoms with Gasteiger partial charge in [-0.15, -0.1) is 0 Å². The molecule has 1 aliphatic rings. The smallest absolute Gasteiger partial charge is 0.0726 e. The normalized spacial score (nSPS) is 21.1. The van der Waals surface area contributed by atoms with E-state index in [0.717, 1.165) is 18.2 Å². The van der Waals surface area contributed by atoms with Crippen LogP contribution in [0.1, 0.15) is 52.0 Å². The molecule has 1 heterocycles. The van der Waals surface area contributed by atoms with Crippen LogP contribution in [0.5, 0.6) is 0 Å². The quantitative estimate of drug-likeness (QED) is 0.821. The maximum Gasteiger partial charge on any atom is 0.0726 e. The summed E-state index contributed by atoms with van der Waals surface area (Å²) in [6, 6.07) is 9.58. The Bertz CT molecular complexity index is 658. The fourth-order valence-corrected chi connectivity index (χ4v) is 3.59. The molecule has 4 heteroatoms. The van der Waals surface area contributed by atoms with Crippen molar-refractivity contribution in [3.8, 4) is 0 Å². The zero-order valence-corrected chi connectivity index (χ0v) is 16.0. The van der Waals surface area contributed by atoms with Gasteiger partial charge in [-0.2, -0.15) is 5.10 Å². The SMILES string of the molecule is Cn1cc(NCC2CCC(Nc3ccc(C(C)(C)C)cc3)CC2)cn1.